The highest BCUT2D eigenvalue weighted by Gasteiger charge is 2.55. The Balaban J connectivity index is 1.52. The molecule has 0 bridgehead atoms. The molecule has 2 aliphatic rings. The second-order valence-electron chi connectivity index (χ2n) is 6.91. The molecule has 4 heterocycles. The number of hydrogen-bond donors (Lipinski definition) is 3. The zero-order valence-electron chi connectivity index (χ0n) is 17.3. The summed E-state index contributed by atoms with van der Waals surface area (Å²) >= 11 is 3.83. The van der Waals surface area contributed by atoms with Gasteiger partial charge in [-0.1, -0.05) is 11.2 Å². The van der Waals surface area contributed by atoms with Crippen LogP contribution in [0.1, 0.15) is 16.3 Å². The van der Waals surface area contributed by atoms with Gasteiger partial charge in [0.05, 0.1) is 11.2 Å². The highest BCUT2D eigenvalue weighted by Crippen LogP contribution is 2.40. The number of rotatable bonds is 7. The van der Waals surface area contributed by atoms with Crippen LogP contribution in [0.25, 0.3) is 6.08 Å². The van der Waals surface area contributed by atoms with E-state index in [1.807, 2.05) is 6.92 Å². The summed E-state index contributed by atoms with van der Waals surface area (Å²) in [5.74, 6) is -2.34. The Kier molecular flexibility index (Phi) is 6.49. The maximum Gasteiger partial charge on any atom is 0.331 e. The van der Waals surface area contributed by atoms with E-state index in [4.69, 9.17) is 10.6 Å². The third-order valence-corrected chi connectivity index (χ3v) is 7.67. The van der Waals surface area contributed by atoms with Gasteiger partial charge in [0.1, 0.15) is 24.2 Å². The number of nitrogens with one attached hydrogen (secondary N) is 1. The minimum atomic E-state index is -1.16. The van der Waals surface area contributed by atoms with Gasteiger partial charge >= 0.3 is 5.97 Å². The Labute approximate surface area is 200 Å². The lowest BCUT2D eigenvalue weighted by Crippen LogP contribution is -2.74. The smallest absolute Gasteiger partial charge is 0.331 e. The lowest BCUT2D eigenvalue weighted by atomic mass is 9.97. The van der Waals surface area contributed by atoms with Crippen LogP contribution in [-0.4, -0.2) is 68.0 Å². The molecule has 4 rings (SSSR count). The number of hydrogen-bond acceptors (Lipinski definition) is 11. The molecule has 2 amide bonds. The fourth-order valence-electron chi connectivity index (χ4n) is 3.35. The number of oxime groups is 1. The van der Waals surface area contributed by atoms with Crippen molar-refractivity contribution in [1.82, 2.24) is 20.2 Å². The number of thiazole rings is 2. The fourth-order valence-corrected chi connectivity index (χ4v) is 5.79. The van der Waals surface area contributed by atoms with Crippen LogP contribution < -0.4 is 11.1 Å². The minimum absolute atomic E-state index is 0.133. The number of nitrogens with two attached hydrogens (primary N) is 1. The average Bonchev–Trinajstić information content (AvgIpc) is 3.40. The highest BCUT2D eigenvalue weighted by atomic mass is 32.2. The van der Waals surface area contributed by atoms with Gasteiger partial charge in [0, 0.05) is 10.3 Å². The van der Waals surface area contributed by atoms with Crippen LogP contribution in [0.3, 0.4) is 0 Å². The molecule has 1 unspecified atom stereocenters. The van der Waals surface area contributed by atoms with Crippen molar-refractivity contribution in [3.8, 4) is 0 Å². The number of carbonyl (C=O) groups is 3. The molecule has 1 fully saturated rings. The molecule has 3 atom stereocenters. The highest BCUT2D eigenvalue weighted by molar-refractivity contribution is 8.03. The Morgan fingerprint density at radius 3 is 2.76 bits per heavy atom. The van der Waals surface area contributed by atoms with Gasteiger partial charge < -0.3 is 25.9 Å². The van der Waals surface area contributed by atoms with Gasteiger partial charge in [-0.3, -0.25) is 9.59 Å². The van der Waals surface area contributed by atoms with Gasteiger partial charge in [0.15, 0.2) is 16.9 Å². The number of thioether (sulfide) groups is 1. The molecule has 2 aromatic heterocycles. The van der Waals surface area contributed by atoms with Crippen molar-refractivity contribution in [3.63, 3.8) is 0 Å². The summed E-state index contributed by atoms with van der Waals surface area (Å²) in [6.07, 6.45) is 3.46. The molecule has 14 heteroatoms. The molecular formula is C19H18N6O5S3. The summed E-state index contributed by atoms with van der Waals surface area (Å²) in [6.45, 7) is 1.86. The zero-order chi connectivity index (χ0) is 23.7. The van der Waals surface area contributed by atoms with E-state index in [2.05, 4.69) is 20.4 Å². The maximum atomic E-state index is 12.9. The number of nitrogen functional groups attached to an aromatic ring is 1. The summed E-state index contributed by atoms with van der Waals surface area (Å²) < 4.78 is 0. The Hall–Kier alpha value is -3.23. The molecule has 1 saturated heterocycles. The van der Waals surface area contributed by atoms with Crippen LogP contribution in [0.15, 0.2) is 33.1 Å². The monoisotopic (exact) mass is 506 g/mol. The lowest BCUT2D eigenvalue weighted by Gasteiger charge is -2.51. The lowest BCUT2D eigenvalue weighted by molar-refractivity contribution is -0.159. The second kappa shape index (κ2) is 9.33. The molecule has 2 aromatic rings. The first kappa shape index (κ1) is 22.9. The van der Waals surface area contributed by atoms with E-state index in [-0.39, 0.29) is 16.5 Å². The van der Waals surface area contributed by atoms with Crippen LogP contribution in [-0.2, 0) is 19.2 Å². The van der Waals surface area contributed by atoms with E-state index < -0.39 is 35.2 Å². The fraction of sp³-hybridized carbons (Fsp3) is 0.263. The molecule has 0 spiro atoms. The number of fused-ring (bicyclic) bond motifs is 1. The molecule has 33 heavy (non-hydrogen) atoms. The van der Waals surface area contributed by atoms with Gasteiger partial charge in [0.25, 0.3) is 5.91 Å². The molecule has 2 aliphatic heterocycles. The molecule has 11 nitrogen and oxygen atoms in total. The predicted octanol–water partition coefficient (Wildman–Crippen LogP) is 1.29. The summed E-state index contributed by atoms with van der Waals surface area (Å²) in [4.78, 5) is 52.7. The average molecular weight is 507 g/mol. The number of nitrogens with zero attached hydrogens (tertiary/aromatic N) is 4. The van der Waals surface area contributed by atoms with Crippen molar-refractivity contribution in [2.24, 2.45) is 5.16 Å². The van der Waals surface area contributed by atoms with Gasteiger partial charge in [0.2, 0.25) is 5.91 Å². The van der Waals surface area contributed by atoms with Gasteiger partial charge in [-0.2, -0.15) is 0 Å². The SMILES string of the molecule is CO/N=C(\C(=O)N[C@@H]1C(=O)N2C(C(=O)O)C(/C=C\c3scnc3C)=CS[C@H]12)c1csc(N)n1. The third kappa shape index (κ3) is 4.36. The van der Waals surface area contributed by atoms with E-state index in [0.717, 1.165) is 21.9 Å². The quantitative estimate of drug-likeness (QED) is 0.286. The predicted molar refractivity (Wildman–Crippen MR) is 126 cm³/mol. The van der Waals surface area contributed by atoms with E-state index in [0.29, 0.717) is 5.57 Å². The summed E-state index contributed by atoms with van der Waals surface area (Å²) in [7, 11) is 1.28. The van der Waals surface area contributed by atoms with Gasteiger partial charge in [-0.05, 0) is 24.0 Å². The largest absolute Gasteiger partial charge is 0.479 e. The minimum Gasteiger partial charge on any atom is -0.479 e. The van der Waals surface area contributed by atoms with Crippen LogP contribution in [0.4, 0.5) is 5.13 Å². The van der Waals surface area contributed by atoms with Crippen molar-refractivity contribution in [2.45, 2.75) is 24.4 Å². The van der Waals surface area contributed by atoms with E-state index in [1.165, 1.54) is 35.1 Å². The van der Waals surface area contributed by atoms with E-state index in [9.17, 15) is 19.5 Å². The van der Waals surface area contributed by atoms with E-state index >= 15 is 0 Å². The molecule has 0 saturated carbocycles. The van der Waals surface area contributed by atoms with E-state index in [1.54, 1.807) is 28.5 Å². The van der Waals surface area contributed by atoms with Crippen molar-refractivity contribution >= 4 is 69.1 Å². The third-order valence-electron chi connectivity index (χ3n) is 4.91. The van der Waals surface area contributed by atoms with Crippen molar-refractivity contribution < 1.29 is 24.3 Å². The molecule has 172 valence electrons. The molecular weight excluding hydrogens is 488 g/mol. The van der Waals surface area contributed by atoms with Gasteiger partial charge in [-0.25, -0.2) is 14.8 Å². The van der Waals surface area contributed by atoms with Crippen LogP contribution in [0, 0.1) is 6.92 Å². The number of aromatic nitrogens is 2. The summed E-state index contributed by atoms with van der Waals surface area (Å²) in [5, 5.41) is 19.0. The number of carbonyl (C=O) groups excluding carboxylic acids is 2. The van der Waals surface area contributed by atoms with Gasteiger partial charge in [-0.15, -0.1) is 34.4 Å². The Morgan fingerprint density at radius 2 is 2.15 bits per heavy atom. The first-order valence-corrected chi connectivity index (χ1v) is 12.1. The number of anilines is 1. The first-order chi connectivity index (χ1) is 15.8. The summed E-state index contributed by atoms with van der Waals surface area (Å²) in [6, 6.07) is -2.08. The summed E-state index contributed by atoms with van der Waals surface area (Å²) in [5.41, 5.74) is 8.72. The number of aliphatic carboxylic acids is 1. The number of aryl methyl sites for hydroxylation is 1. The molecule has 0 aliphatic carbocycles. The molecule has 0 radical (unpaired) electrons. The topological polar surface area (TPSA) is 160 Å². The van der Waals surface area contributed by atoms with Crippen LogP contribution in [0.2, 0.25) is 0 Å². The Bertz CT molecular complexity index is 1200. The first-order valence-electron chi connectivity index (χ1n) is 9.44. The molecule has 0 aromatic carbocycles. The maximum absolute atomic E-state index is 12.9. The Morgan fingerprint density at radius 1 is 1.36 bits per heavy atom. The van der Waals surface area contributed by atoms with Crippen molar-refractivity contribution in [3.05, 3.63) is 44.2 Å². The van der Waals surface area contributed by atoms with Crippen LogP contribution in [0.5, 0.6) is 0 Å². The number of β-lactam (4-membered cyclic amide) rings is 1. The van der Waals surface area contributed by atoms with Crippen molar-refractivity contribution in [2.75, 3.05) is 12.8 Å². The van der Waals surface area contributed by atoms with Crippen molar-refractivity contribution in [1.29, 1.82) is 0 Å². The number of carboxylic acids is 1. The zero-order valence-corrected chi connectivity index (χ0v) is 19.7. The normalized spacial score (nSPS) is 22.5. The second-order valence-corrected chi connectivity index (χ2v) is 9.68. The number of amides is 2. The standard InChI is InChI=1S/C19H18N6O5S3/c1-8-11(33-7-21-8)4-3-9-5-31-17-13(16(27)25(17)14(9)18(28)29)23-15(26)12(24-30-2)10-6-32-19(20)22-10/h3-7,13-14,17H,1-2H3,(H2,20,22)(H,23,26)(H,28,29)/b4-3-,24-12-/t13-,14?,17-/m1/s1. The molecule has 4 N–H and O–H groups in total. The van der Waals surface area contributed by atoms with Crippen LogP contribution >= 0.6 is 34.4 Å². The number of carboxylic acid groups (broad SMARTS) is 1.